The van der Waals surface area contributed by atoms with Crippen molar-refractivity contribution in [3.63, 3.8) is 0 Å². The molecule has 0 saturated heterocycles. The molecule has 8 heteroatoms. The minimum atomic E-state index is -0.736. The molecular formula is C12H6BrClF2N4. The smallest absolute Gasteiger partial charge is 0.175 e. The van der Waals surface area contributed by atoms with Crippen molar-refractivity contribution in [1.29, 1.82) is 0 Å². The second-order valence-corrected chi connectivity index (χ2v) is 5.39. The van der Waals surface area contributed by atoms with Crippen molar-refractivity contribution in [2.45, 2.75) is 6.92 Å². The van der Waals surface area contributed by atoms with Crippen LogP contribution in [0.2, 0.25) is 5.15 Å². The second-order valence-electron chi connectivity index (χ2n) is 4.09. The van der Waals surface area contributed by atoms with Gasteiger partial charge in [-0.3, -0.25) is 4.40 Å². The van der Waals surface area contributed by atoms with Crippen LogP contribution in [0, 0.1) is 18.6 Å². The minimum absolute atomic E-state index is 0.0455. The Bertz CT molecular complexity index is 811. The molecule has 0 spiro atoms. The Labute approximate surface area is 125 Å². The first-order valence-electron chi connectivity index (χ1n) is 5.50. The summed E-state index contributed by atoms with van der Waals surface area (Å²) in [6, 6.07) is 3.80. The molecule has 0 atom stereocenters. The molecule has 2 heterocycles. The summed E-state index contributed by atoms with van der Waals surface area (Å²) in [5.74, 6) is -0.987. The van der Waals surface area contributed by atoms with Crippen LogP contribution in [-0.2, 0) is 0 Å². The van der Waals surface area contributed by atoms with Gasteiger partial charge in [0.15, 0.2) is 11.5 Å². The van der Waals surface area contributed by atoms with Crippen LogP contribution in [0.4, 0.5) is 8.78 Å². The van der Waals surface area contributed by atoms with E-state index in [2.05, 4.69) is 31.1 Å². The summed E-state index contributed by atoms with van der Waals surface area (Å²) in [5, 5.41) is 7.94. The van der Waals surface area contributed by atoms with Gasteiger partial charge in [-0.05, 0) is 19.1 Å². The third-order valence-corrected chi connectivity index (χ3v) is 3.41. The van der Waals surface area contributed by atoms with E-state index in [1.807, 2.05) is 0 Å². The molecule has 102 valence electrons. The van der Waals surface area contributed by atoms with Crippen molar-refractivity contribution in [3.05, 3.63) is 45.3 Å². The number of hydrogen-bond donors (Lipinski definition) is 0. The van der Waals surface area contributed by atoms with Crippen molar-refractivity contribution in [2.24, 2.45) is 0 Å². The van der Waals surface area contributed by atoms with Gasteiger partial charge in [-0.2, -0.15) is 0 Å². The van der Waals surface area contributed by atoms with Gasteiger partial charge in [-0.15, -0.1) is 10.2 Å². The molecule has 0 N–H and O–H groups in total. The van der Waals surface area contributed by atoms with E-state index in [0.29, 0.717) is 15.9 Å². The van der Waals surface area contributed by atoms with E-state index in [9.17, 15) is 8.78 Å². The van der Waals surface area contributed by atoms with Crippen LogP contribution < -0.4 is 0 Å². The van der Waals surface area contributed by atoms with E-state index in [4.69, 9.17) is 11.6 Å². The largest absolute Gasteiger partial charge is 0.262 e. The van der Waals surface area contributed by atoms with E-state index < -0.39 is 11.6 Å². The maximum Gasteiger partial charge on any atom is 0.175 e. The molecule has 3 aromatic rings. The number of halogens is 4. The van der Waals surface area contributed by atoms with Crippen LogP contribution in [0.15, 0.2) is 22.7 Å². The molecule has 0 aliphatic rings. The van der Waals surface area contributed by atoms with Crippen LogP contribution in [0.25, 0.3) is 17.0 Å². The zero-order valence-electron chi connectivity index (χ0n) is 10.0. The summed E-state index contributed by atoms with van der Waals surface area (Å²) in [4.78, 5) is 4.03. The lowest BCUT2D eigenvalue weighted by Crippen LogP contribution is -2.01. The van der Waals surface area contributed by atoms with E-state index >= 15 is 0 Å². The van der Waals surface area contributed by atoms with E-state index in [0.717, 1.165) is 12.1 Å². The molecule has 1 aromatic carbocycles. The Hall–Kier alpha value is -1.60. The van der Waals surface area contributed by atoms with Crippen molar-refractivity contribution in [2.75, 3.05) is 0 Å². The van der Waals surface area contributed by atoms with E-state index in [-0.39, 0.29) is 16.5 Å². The fourth-order valence-corrected chi connectivity index (χ4v) is 2.59. The number of nitrogens with zero attached hydrogens (tertiary/aromatic N) is 4. The van der Waals surface area contributed by atoms with Crippen LogP contribution >= 0.6 is 27.5 Å². The highest BCUT2D eigenvalue weighted by Crippen LogP contribution is 2.29. The lowest BCUT2D eigenvalue weighted by atomic mass is 10.2. The lowest BCUT2D eigenvalue weighted by Gasteiger charge is -2.06. The third kappa shape index (κ3) is 2.06. The highest BCUT2D eigenvalue weighted by molar-refractivity contribution is 9.10. The summed E-state index contributed by atoms with van der Waals surface area (Å²) < 4.78 is 29.8. The standard InChI is InChI=1S/C12H6BrClF2N4/c1-5-17-9(14)4-10-18-19-12(20(5)10)11-7(15)2-6(13)3-8(11)16/h2-4H,1H3. The highest BCUT2D eigenvalue weighted by atomic mass is 79.9. The minimum Gasteiger partial charge on any atom is -0.262 e. The monoisotopic (exact) mass is 358 g/mol. The maximum atomic E-state index is 14.0. The molecule has 0 aliphatic heterocycles. The second kappa shape index (κ2) is 4.75. The summed E-state index contributed by atoms with van der Waals surface area (Å²) in [7, 11) is 0. The molecule has 0 unspecified atom stereocenters. The number of fused-ring (bicyclic) bond motifs is 1. The number of aryl methyl sites for hydroxylation is 1. The van der Waals surface area contributed by atoms with E-state index in [1.54, 1.807) is 6.92 Å². The van der Waals surface area contributed by atoms with Crippen molar-refractivity contribution < 1.29 is 8.78 Å². The Morgan fingerprint density at radius 2 is 1.80 bits per heavy atom. The Kier molecular flexibility index (Phi) is 3.18. The topological polar surface area (TPSA) is 43.1 Å². The molecule has 2 aromatic heterocycles. The van der Waals surface area contributed by atoms with Gasteiger partial charge in [-0.1, -0.05) is 27.5 Å². The maximum absolute atomic E-state index is 14.0. The van der Waals surface area contributed by atoms with Crippen LogP contribution in [0.5, 0.6) is 0 Å². The van der Waals surface area contributed by atoms with E-state index in [1.165, 1.54) is 10.5 Å². The number of hydrogen-bond acceptors (Lipinski definition) is 3. The van der Waals surface area contributed by atoms with Crippen LogP contribution in [0.1, 0.15) is 5.82 Å². The van der Waals surface area contributed by atoms with Gasteiger partial charge in [-0.25, -0.2) is 13.8 Å². The van der Waals surface area contributed by atoms with Gasteiger partial charge >= 0.3 is 0 Å². The van der Waals surface area contributed by atoms with Gasteiger partial charge in [0, 0.05) is 10.5 Å². The summed E-state index contributed by atoms with van der Waals surface area (Å²) in [6.45, 7) is 1.65. The Balaban J connectivity index is 2.37. The molecule has 3 rings (SSSR count). The summed E-state index contributed by atoms with van der Waals surface area (Å²) in [6.07, 6.45) is 0. The van der Waals surface area contributed by atoms with Gasteiger partial charge in [0.25, 0.3) is 0 Å². The van der Waals surface area contributed by atoms with Crippen molar-refractivity contribution in [1.82, 2.24) is 19.6 Å². The molecule has 20 heavy (non-hydrogen) atoms. The number of rotatable bonds is 1. The highest BCUT2D eigenvalue weighted by Gasteiger charge is 2.20. The molecule has 0 amide bonds. The van der Waals surface area contributed by atoms with Gasteiger partial charge < -0.3 is 0 Å². The fraction of sp³-hybridized carbons (Fsp3) is 0.0833. The molecule has 4 nitrogen and oxygen atoms in total. The number of benzene rings is 1. The average Bonchev–Trinajstić information content (AvgIpc) is 2.71. The summed E-state index contributed by atoms with van der Waals surface area (Å²) in [5.41, 5.74) is 0.118. The van der Waals surface area contributed by atoms with Gasteiger partial charge in [0.2, 0.25) is 0 Å². The normalized spacial score (nSPS) is 11.2. The fourth-order valence-electron chi connectivity index (χ4n) is 1.97. The van der Waals surface area contributed by atoms with Crippen LogP contribution in [0.3, 0.4) is 0 Å². The predicted octanol–water partition coefficient (Wildman–Crippen LogP) is 3.79. The first-order valence-corrected chi connectivity index (χ1v) is 6.67. The van der Waals surface area contributed by atoms with Crippen LogP contribution in [-0.4, -0.2) is 19.6 Å². The van der Waals surface area contributed by atoms with Gasteiger partial charge in [0.1, 0.15) is 22.6 Å². The van der Waals surface area contributed by atoms with Gasteiger partial charge in [0.05, 0.1) is 5.56 Å². The lowest BCUT2D eigenvalue weighted by molar-refractivity contribution is 0.585. The molecular weight excluding hydrogens is 354 g/mol. The molecule has 0 radical (unpaired) electrons. The molecule has 0 aliphatic carbocycles. The summed E-state index contributed by atoms with van der Waals surface area (Å²) >= 11 is 8.85. The third-order valence-electron chi connectivity index (χ3n) is 2.76. The quantitative estimate of drug-likeness (QED) is 0.621. The zero-order chi connectivity index (χ0) is 14.4. The average molecular weight is 360 g/mol. The molecule has 0 bridgehead atoms. The zero-order valence-corrected chi connectivity index (χ0v) is 12.4. The predicted molar refractivity (Wildman–Crippen MR) is 73.6 cm³/mol. The molecule has 0 fully saturated rings. The van der Waals surface area contributed by atoms with Crippen molar-refractivity contribution >= 4 is 33.2 Å². The Morgan fingerprint density at radius 1 is 1.15 bits per heavy atom. The Morgan fingerprint density at radius 3 is 2.45 bits per heavy atom. The SMILES string of the molecule is Cc1nc(Cl)cc2nnc(-c3c(F)cc(Br)cc3F)n12. The van der Waals surface area contributed by atoms with Crippen molar-refractivity contribution in [3.8, 4) is 11.4 Å². The number of aromatic nitrogens is 4. The first kappa shape index (κ1) is 13.4. The first-order chi connectivity index (χ1) is 9.47. The molecule has 0 saturated carbocycles.